The zero-order valence-corrected chi connectivity index (χ0v) is 16.1. The predicted molar refractivity (Wildman–Crippen MR) is 106 cm³/mol. The molecular formula is C22H22N2O5. The van der Waals surface area contributed by atoms with Gasteiger partial charge in [-0.15, -0.1) is 0 Å². The number of carboxylic acids is 1. The minimum atomic E-state index is -1.05. The number of nitrogens with zero attached hydrogens (tertiary/aromatic N) is 2. The number of anilines is 1. The van der Waals surface area contributed by atoms with Crippen LogP contribution in [0.1, 0.15) is 23.6 Å². The quantitative estimate of drug-likeness (QED) is 0.860. The van der Waals surface area contributed by atoms with Gasteiger partial charge in [-0.2, -0.15) is 0 Å². The van der Waals surface area contributed by atoms with Gasteiger partial charge in [0.25, 0.3) is 0 Å². The molecule has 4 rings (SSSR count). The van der Waals surface area contributed by atoms with Gasteiger partial charge in [-0.1, -0.05) is 24.3 Å². The van der Waals surface area contributed by atoms with Gasteiger partial charge in [-0.3, -0.25) is 9.59 Å². The van der Waals surface area contributed by atoms with Gasteiger partial charge < -0.3 is 19.6 Å². The second-order valence-electron chi connectivity index (χ2n) is 7.32. The fraction of sp³-hybridized carbons (Fsp3) is 0.318. The van der Waals surface area contributed by atoms with Crippen molar-refractivity contribution in [1.82, 2.24) is 4.90 Å². The molecule has 0 spiro atoms. The summed E-state index contributed by atoms with van der Waals surface area (Å²) in [5.74, 6) is -1.35. The van der Waals surface area contributed by atoms with E-state index in [4.69, 9.17) is 4.74 Å². The lowest BCUT2D eigenvalue weighted by molar-refractivity contribution is -0.152. The number of carbonyl (C=O) groups is 3. The highest BCUT2D eigenvalue weighted by Crippen LogP contribution is 2.34. The summed E-state index contributed by atoms with van der Waals surface area (Å²) in [6, 6.07) is 13.4. The first-order valence-corrected chi connectivity index (χ1v) is 9.55. The average molecular weight is 394 g/mol. The molecule has 7 nitrogen and oxygen atoms in total. The van der Waals surface area contributed by atoms with E-state index in [1.165, 1.54) is 4.90 Å². The molecule has 0 aliphatic carbocycles. The van der Waals surface area contributed by atoms with Crippen LogP contribution < -0.4 is 9.64 Å². The van der Waals surface area contributed by atoms with Gasteiger partial charge in [0.05, 0.1) is 13.0 Å². The maximum Gasteiger partial charge on any atom is 0.331 e. The SMILES string of the molecule is COc1ccc(N2CC(C(=O)N3CCc4ccccc4C3C(=O)O)CC2=O)cc1. The Morgan fingerprint density at radius 2 is 1.83 bits per heavy atom. The molecule has 2 heterocycles. The van der Waals surface area contributed by atoms with Crippen LogP contribution in [0.2, 0.25) is 0 Å². The van der Waals surface area contributed by atoms with Crippen LogP contribution in [0.4, 0.5) is 5.69 Å². The molecule has 0 aromatic heterocycles. The Morgan fingerprint density at radius 1 is 1.10 bits per heavy atom. The van der Waals surface area contributed by atoms with Crippen LogP contribution >= 0.6 is 0 Å². The maximum absolute atomic E-state index is 13.2. The molecule has 2 unspecified atom stereocenters. The molecule has 7 heteroatoms. The van der Waals surface area contributed by atoms with E-state index in [2.05, 4.69) is 0 Å². The van der Waals surface area contributed by atoms with Gasteiger partial charge in [0.1, 0.15) is 5.75 Å². The van der Waals surface area contributed by atoms with Crippen LogP contribution in [0, 0.1) is 5.92 Å². The lowest BCUT2D eigenvalue weighted by atomic mass is 9.91. The van der Waals surface area contributed by atoms with Gasteiger partial charge >= 0.3 is 5.97 Å². The molecule has 0 radical (unpaired) electrons. The van der Waals surface area contributed by atoms with E-state index in [1.807, 2.05) is 12.1 Å². The zero-order valence-electron chi connectivity index (χ0n) is 16.1. The number of aliphatic carboxylic acids is 1. The summed E-state index contributed by atoms with van der Waals surface area (Å²) in [5, 5.41) is 9.80. The van der Waals surface area contributed by atoms with Crippen molar-refractivity contribution in [1.29, 1.82) is 0 Å². The number of benzene rings is 2. The largest absolute Gasteiger partial charge is 0.497 e. The van der Waals surface area contributed by atoms with Crippen LogP contribution in [0.15, 0.2) is 48.5 Å². The predicted octanol–water partition coefficient (Wildman–Crippen LogP) is 2.26. The Balaban J connectivity index is 1.55. The first-order chi connectivity index (χ1) is 14.0. The zero-order chi connectivity index (χ0) is 20.5. The highest BCUT2D eigenvalue weighted by atomic mass is 16.5. The number of amides is 2. The third-order valence-electron chi connectivity index (χ3n) is 5.66. The molecule has 2 aromatic rings. The second-order valence-corrected chi connectivity index (χ2v) is 7.32. The van der Waals surface area contributed by atoms with Gasteiger partial charge in [0, 0.05) is 25.2 Å². The number of rotatable bonds is 4. The molecule has 2 aliphatic heterocycles. The van der Waals surface area contributed by atoms with Crippen molar-refractivity contribution in [3.8, 4) is 5.75 Å². The number of methoxy groups -OCH3 is 1. The highest BCUT2D eigenvalue weighted by molar-refractivity contribution is 6.01. The average Bonchev–Trinajstić information content (AvgIpc) is 3.13. The fourth-order valence-electron chi connectivity index (χ4n) is 4.19. The van der Waals surface area contributed by atoms with Crippen molar-refractivity contribution >= 4 is 23.5 Å². The molecule has 1 fully saturated rings. The molecule has 2 aromatic carbocycles. The van der Waals surface area contributed by atoms with Gasteiger partial charge in [-0.05, 0) is 41.8 Å². The summed E-state index contributed by atoms with van der Waals surface area (Å²) in [6.45, 7) is 0.578. The highest BCUT2D eigenvalue weighted by Gasteiger charge is 2.42. The third kappa shape index (κ3) is 3.44. The molecule has 0 saturated carbocycles. The lowest BCUT2D eigenvalue weighted by Crippen LogP contribution is -2.46. The van der Waals surface area contributed by atoms with E-state index in [9.17, 15) is 19.5 Å². The number of hydrogen-bond acceptors (Lipinski definition) is 4. The van der Waals surface area contributed by atoms with Crippen molar-refractivity contribution in [2.45, 2.75) is 18.9 Å². The number of hydrogen-bond donors (Lipinski definition) is 1. The van der Waals surface area contributed by atoms with E-state index in [0.717, 1.165) is 5.56 Å². The molecular weight excluding hydrogens is 372 g/mol. The molecule has 150 valence electrons. The van der Waals surface area contributed by atoms with Crippen molar-refractivity contribution in [3.63, 3.8) is 0 Å². The van der Waals surface area contributed by atoms with Crippen LogP contribution in [-0.4, -0.2) is 48.0 Å². The number of fused-ring (bicyclic) bond motifs is 1. The summed E-state index contributed by atoms with van der Waals surface area (Å²) >= 11 is 0. The smallest absolute Gasteiger partial charge is 0.331 e. The van der Waals surface area contributed by atoms with E-state index in [1.54, 1.807) is 48.4 Å². The van der Waals surface area contributed by atoms with Crippen LogP contribution in [0.5, 0.6) is 5.75 Å². The minimum Gasteiger partial charge on any atom is -0.497 e. The molecule has 1 N–H and O–H groups in total. The Morgan fingerprint density at radius 3 is 2.52 bits per heavy atom. The summed E-state index contributed by atoms with van der Waals surface area (Å²) < 4.78 is 5.14. The monoisotopic (exact) mass is 394 g/mol. The Hall–Kier alpha value is -3.35. The Bertz CT molecular complexity index is 956. The van der Waals surface area contributed by atoms with E-state index < -0.39 is 17.9 Å². The number of carboxylic acid groups (broad SMARTS) is 1. The van der Waals surface area contributed by atoms with Gasteiger partial charge in [0.2, 0.25) is 11.8 Å². The van der Waals surface area contributed by atoms with Crippen LogP contribution in [0.25, 0.3) is 0 Å². The second kappa shape index (κ2) is 7.58. The summed E-state index contributed by atoms with van der Waals surface area (Å²) in [6.07, 6.45) is 0.684. The maximum atomic E-state index is 13.2. The lowest BCUT2D eigenvalue weighted by Gasteiger charge is -2.36. The topological polar surface area (TPSA) is 87.2 Å². The van der Waals surface area contributed by atoms with E-state index >= 15 is 0 Å². The van der Waals surface area contributed by atoms with Crippen molar-refractivity contribution in [2.24, 2.45) is 5.92 Å². The first kappa shape index (κ1) is 19.0. The van der Waals surface area contributed by atoms with Crippen molar-refractivity contribution < 1.29 is 24.2 Å². The Kier molecular flexibility index (Phi) is 4.96. The summed E-state index contributed by atoms with van der Waals surface area (Å²) in [7, 11) is 1.57. The summed E-state index contributed by atoms with van der Waals surface area (Å²) in [4.78, 5) is 40.7. The minimum absolute atomic E-state index is 0.0787. The van der Waals surface area contributed by atoms with Gasteiger partial charge in [0.15, 0.2) is 6.04 Å². The van der Waals surface area contributed by atoms with Crippen LogP contribution in [-0.2, 0) is 20.8 Å². The molecule has 2 aliphatic rings. The van der Waals surface area contributed by atoms with E-state index in [-0.39, 0.29) is 24.8 Å². The fourth-order valence-corrected chi connectivity index (χ4v) is 4.19. The molecule has 29 heavy (non-hydrogen) atoms. The molecule has 2 atom stereocenters. The standard InChI is InChI=1S/C22H22N2O5/c1-29-17-8-6-16(7-9-17)24-13-15(12-19(24)25)21(26)23-11-10-14-4-2-3-5-18(14)20(23)22(27)28/h2-9,15,20H,10-13H2,1H3,(H,27,28). The third-order valence-corrected chi connectivity index (χ3v) is 5.66. The van der Waals surface area contributed by atoms with Gasteiger partial charge in [-0.25, -0.2) is 4.79 Å². The van der Waals surface area contributed by atoms with Crippen molar-refractivity contribution in [2.75, 3.05) is 25.1 Å². The van der Waals surface area contributed by atoms with Crippen LogP contribution in [0.3, 0.4) is 0 Å². The Labute approximate surface area is 168 Å². The van der Waals surface area contributed by atoms with E-state index in [0.29, 0.717) is 30.0 Å². The molecule has 0 bridgehead atoms. The normalized spacial score (nSPS) is 21.1. The first-order valence-electron chi connectivity index (χ1n) is 9.55. The summed E-state index contributed by atoms with van der Waals surface area (Å²) in [5.41, 5.74) is 2.30. The number of carbonyl (C=O) groups excluding carboxylic acids is 2. The van der Waals surface area contributed by atoms with Crippen molar-refractivity contribution in [3.05, 3.63) is 59.7 Å². The number of ether oxygens (including phenoxy) is 1. The molecule has 1 saturated heterocycles. The molecule has 2 amide bonds.